The molecule has 0 aliphatic rings. The smallest absolute Gasteiger partial charge is 0.220 e. The molecule has 4 N–H and O–H groups in total. The van der Waals surface area contributed by atoms with Gasteiger partial charge in [0.25, 0.3) is 0 Å². The van der Waals surface area contributed by atoms with E-state index in [1.807, 2.05) is 43.6 Å². The van der Waals surface area contributed by atoms with Crippen molar-refractivity contribution < 1.29 is 5.11 Å². The molecule has 0 aliphatic carbocycles. The maximum atomic E-state index is 11.2. The lowest BCUT2D eigenvalue weighted by molar-refractivity contribution is 0.0975. The minimum absolute atomic E-state index is 0.0643. The van der Waals surface area contributed by atoms with E-state index in [4.69, 9.17) is 10.7 Å². The molecule has 5 rings (SSSR count). The first-order chi connectivity index (χ1) is 14.9. The molecule has 154 valence electrons. The Bertz CT molecular complexity index is 1390. The van der Waals surface area contributed by atoms with Gasteiger partial charge < -0.3 is 15.8 Å². The molecule has 9 heteroatoms. The molecule has 4 heterocycles. The number of nitrogens with two attached hydrogens (primary N) is 1. The van der Waals surface area contributed by atoms with Crippen LogP contribution < -0.4 is 5.73 Å². The average molecular weight is 412 g/mol. The Morgan fingerprint density at radius 3 is 2.61 bits per heavy atom. The van der Waals surface area contributed by atoms with Crippen LogP contribution in [0.3, 0.4) is 0 Å². The molecular formula is C22H20N8O. The van der Waals surface area contributed by atoms with Crippen LogP contribution in [-0.2, 0) is 12.6 Å². The van der Waals surface area contributed by atoms with Gasteiger partial charge in [0.05, 0.1) is 29.5 Å². The van der Waals surface area contributed by atoms with Gasteiger partial charge >= 0.3 is 0 Å². The van der Waals surface area contributed by atoms with Gasteiger partial charge in [0.15, 0.2) is 5.65 Å². The summed E-state index contributed by atoms with van der Waals surface area (Å²) in [5, 5.41) is 15.4. The minimum atomic E-state index is -1.34. The van der Waals surface area contributed by atoms with Gasteiger partial charge in [-0.2, -0.15) is 5.10 Å². The van der Waals surface area contributed by atoms with Gasteiger partial charge in [-0.25, -0.2) is 19.9 Å². The van der Waals surface area contributed by atoms with Crippen LogP contribution in [0.15, 0.2) is 61.2 Å². The van der Waals surface area contributed by atoms with E-state index >= 15 is 0 Å². The van der Waals surface area contributed by atoms with Crippen LogP contribution in [0.5, 0.6) is 0 Å². The van der Waals surface area contributed by atoms with Gasteiger partial charge in [0, 0.05) is 30.6 Å². The highest BCUT2D eigenvalue weighted by molar-refractivity contribution is 5.90. The predicted molar refractivity (Wildman–Crippen MR) is 117 cm³/mol. The van der Waals surface area contributed by atoms with Crippen LogP contribution in [0.4, 0.5) is 5.95 Å². The quantitative estimate of drug-likeness (QED) is 0.413. The Morgan fingerprint density at radius 2 is 1.87 bits per heavy atom. The first-order valence-electron chi connectivity index (χ1n) is 9.68. The molecule has 9 nitrogen and oxygen atoms in total. The fraction of sp³-hybridized carbons (Fsp3) is 0.136. The van der Waals surface area contributed by atoms with Crippen molar-refractivity contribution in [3.8, 4) is 22.5 Å². The summed E-state index contributed by atoms with van der Waals surface area (Å²) in [5.41, 5.74) is 9.86. The van der Waals surface area contributed by atoms with E-state index in [1.165, 1.54) is 0 Å². The largest absolute Gasteiger partial charge is 0.379 e. The maximum Gasteiger partial charge on any atom is 0.220 e. The second kappa shape index (κ2) is 6.99. The summed E-state index contributed by atoms with van der Waals surface area (Å²) in [6.45, 7) is 1.68. The summed E-state index contributed by atoms with van der Waals surface area (Å²) in [5.74, 6) is 0.0643. The molecule has 0 fully saturated rings. The number of hydrogen-bond donors (Lipinski definition) is 3. The molecule has 0 saturated carbocycles. The Hall–Kier alpha value is -4.11. The second-order valence-electron chi connectivity index (χ2n) is 7.49. The molecule has 0 saturated heterocycles. The predicted octanol–water partition coefficient (Wildman–Crippen LogP) is 2.65. The topological polar surface area (TPSA) is 131 Å². The zero-order valence-corrected chi connectivity index (χ0v) is 17.0. The van der Waals surface area contributed by atoms with Crippen molar-refractivity contribution in [1.29, 1.82) is 0 Å². The number of aromatic nitrogens is 7. The summed E-state index contributed by atoms with van der Waals surface area (Å²) in [6, 6.07) is 11.0. The van der Waals surface area contributed by atoms with Crippen LogP contribution in [0.1, 0.15) is 18.2 Å². The lowest BCUT2D eigenvalue weighted by Gasteiger charge is -2.23. The summed E-state index contributed by atoms with van der Waals surface area (Å²) in [7, 11) is 1.85. The number of anilines is 1. The molecular weight excluding hydrogens is 392 g/mol. The lowest BCUT2D eigenvalue weighted by atomic mass is 9.91. The number of rotatable bonds is 4. The van der Waals surface area contributed by atoms with E-state index in [2.05, 4.69) is 25.0 Å². The van der Waals surface area contributed by atoms with E-state index in [0.717, 1.165) is 5.56 Å². The fourth-order valence-electron chi connectivity index (χ4n) is 3.54. The SMILES string of the molecule is Cn1cc(-c2cnc3[nH]cc(-c4cc(C(C)(O)c5ccccc5)nc(N)n4)c3n2)cn1. The molecule has 1 aromatic carbocycles. The van der Waals surface area contributed by atoms with Crippen LogP contribution >= 0.6 is 0 Å². The standard InChI is InChI=1S/C22H20N8O/c1-22(31,14-6-4-3-5-7-14)18-8-16(28-21(23)29-18)15-10-24-20-19(15)27-17(11-25-20)13-9-26-30(2)12-13/h3-12,31H,1-2H3,(H,24,25)(H2,23,28,29). The molecule has 0 spiro atoms. The fourth-order valence-corrected chi connectivity index (χ4v) is 3.54. The number of nitrogen functional groups attached to an aromatic ring is 1. The highest BCUT2D eigenvalue weighted by Gasteiger charge is 2.29. The number of fused-ring (bicyclic) bond motifs is 1. The third kappa shape index (κ3) is 3.30. The van der Waals surface area contributed by atoms with Crippen molar-refractivity contribution in [2.45, 2.75) is 12.5 Å². The molecule has 1 atom stereocenters. The van der Waals surface area contributed by atoms with Crippen molar-refractivity contribution in [3.05, 3.63) is 72.4 Å². The molecule has 0 amide bonds. The van der Waals surface area contributed by atoms with Gasteiger partial charge in [0.2, 0.25) is 5.95 Å². The van der Waals surface area contributed by atoms with Crippen molar-refractivity contribution in [3.63, 3.8) is 0 Å². The van der Waals surface area contributed by atoms with Crippen LogP contribution in [-0.4, -0.2) is 39.8 Å². The Balaban J connectivity index is 1.64. The number of nitrogens with zero attached hydrogens (tertiary/aromatic N) is 6. The van der Waals surface area contributed by atoms with Crippen molar-refractivity contribution in [2.24, 2.45) is 7.05 Å². The average Bonchev–Trinajstić information content (AvgIpc) is 3.39. The first kappa shape index (κ1) is 18.9. The van der Waals surface area contributed by atoms with E-state index < -0.39 is 5.60 Å². The van der Waals surface area contributed by atoms with Gasteiger partial charge in [-0.1, -0.05) is 30.3 Å². The Morgan fingerprint density at radius 1 is 1.06 bits per heavy atom. The molecule has 31 heavy (non-hydrogen) atoms. The monoisotopic (exact) mass is 412 g/mol. The number of aliphatic hydroxyl groups is 1. The third-order valence-corrected chi connectivity index (χ3v) is 5.24. The molecule has 0 radical (unpaired) electrons. The lowest BCUT2D eigenvalue weighted by Crippen LogP contribution is -2.25. The number of aromatic amines is 1. The van der Waals surface area contributed by atoms with Crippen molar-refractivity contribution in [2.75, 3.05) is 5.73 Å². The number of aryl methyl sites for hydroxylation is 1. The molecule has 0 bridgehead atoms. The Kier molecular flexibility index (Phi) is 4.26. The molecule has 0 aliphatic heterocycles. The highest BCUT2D eigenvalue weighted by Crippen LogP contribution is 2.32. The zero-order chi connectivity index (χ0) is 21.6. The minimum Gasteiger partial charge on any atom is -0.379 e. The van der Waals surface area contributed by atoms with E-state index in [-0.39, 0.29) is 5.95 Å². The normalized spacial score (nSPS) is 13.4. The number of hydrogen-bond acceptors (Lipinski definition) is 7. The molecule has 4 aromatic heterocycles. The highest BCUT2D eigenvalue weighted by atomic mass is 16.3. The van der Waals surface area contributed by atoms with Gasteiger partial charge in [0.1, 0.15) is 11.1 Å². The Labute approximate surface area is 177 Å². The maximum absolute atomic E-state index is 11.2. The second-order valence-corrected chi connectivity index (χ2v) is 7.49. The van der Waals surface area contributed by atoms with Crippen molar-refractivity contribution >= 4 is 17.1 Å². The van der Waals surface area contributed by atoms with Crippen LogP contribution in [0, 0.1) is 0 Å². The van der Waals surface area contributed by atoms with Crippen molar-refractivity contribution in [1.82, 2.24) is 34.7 Å². The van der Waals surface area contributed by atoms with Gasteiger partial charge in [-0.3, -0.25) is 4.68 Å². The first-order valence-corrected chi connectivity index (χ1v) is 9.68. The summed E-state index contributed by atoms with van der Waals surface area (Å²) in [6.07, 6.45) is 7.08. The van der Waals surface area contributed by atoms with E-state index in [1.54, 1.807) is 36.3 Å². The van der Waals surface area contributed by atoms with Gasteiger partial charge in [-0.05, 0) is 18.6 Å². The third-order valence-electron chi connectivity index (χ3n) is 5.24. The van der Waals surface area contributed by atoms with Crippen LogP contribution in [0.2, 0.25) is 0 Å². The summed E-state index contributed by atoms with van der Waals surface area (Å²) in [4.78, 5) is 21.1. The van der Waals surface area contributed by atoms with E-state index in [9.17, 15) is 5.11 Å². The number of nitrogens with one attached hydrogen (secondary N) is 1. The molecule has 5 aromatic rings. The van der Waals surface area contributed by atoms with E-state index in [0.29, 0.717) is 39.4 Å². The summed E-state index contributed by atoms with van der Waals surface area (Å²) >= 11 is 0. The zero-order valence-electron chi connectivity index (χ0n) is 17.0. The summed E-state index contributed by atoms with van der Waals surface area (Å²) < 4.78 is 1.71. The number of benzene rings is 1. The van der Waals surface area contributed by atoms with Gasteiger partial charge in [-0.15, -0.1) is 0 Å². The number of H-pyrrole nitrogens is 1. The molecule has 1 unspecified atom stereocenters. The van der Waals surface area contributed by atoms with Crippen LogP contribution in [0.25, 0.3) is 33.7 Å².